The molecule has 0 heterocycles. The van der Waals surface area contributed by atoms with Crippen LogP contribution >= 0.6 is 0 Å². The molecule has 0 aliphatic heterocycles. The Morgan fingerprint density at radius 2 is 2.23 bits per heavy atom. The van der Waals surface area contributed by atoms with Gasteiger partial charge in [0, 0.05) is 23.4 Å². The molecule has 0 radical (unpaired) electrons. The first kappa shape index (κ1) is 14.7. The van der Waals surface area contributed by atoms with Crippen LogP contribution < -0.4 is 5.43 Å². The number of hydrogen-bond donors (Lipinski definition) is 1. The summed E-state index contributed by atoms with van der Waals surface area (Å²) in [4.78, 5) is 22.4. The van der Waals surface area contributed by atoms with Crippen LogP contribution in [0.3, 0.4) is 0 Å². The average molecular weight is 301 g/mol. The Hall–Kier alpha value is -2.24. The maximum Gasteiger partial charge on any atom is 0.273 e. The SMILES string of the molecule is Cc1ccc(C(=O)N/N=C/C2CC3CCC2C3)cc1[N+](=O)[O-]. The van der Waals surface area contributed by atoms with Gasteiger partial charge >= 0.3 is 0 Å². The van der Waals surface area contributed by atoms with Gasteiger partial charge < -0.3 is 0 Å². The molecule has 0 saturated heterocycles. The number of amides is 1. The molecule has 1 amide bonds. The van der Waals surface area contributed by atoms with Gasteiger partial charge in [-0.2, -0.15) is 5.10 Å². The van der Waals surface area contributed by atoms with Crippen molar-refractivity contribution in [3.05, 3.63) is 39.4 Å². The lowest BCUT2D eigenvalue weighted by Gasteiger charge is -2.16. The number of benzene rings is 1. The molecule has 2 fully saturated rings. The van der Waals surface area contributed by atoms with Gasteiger partial charge in [0.05, 0.1) is 4.92 Å². The molecule has 1 aromatic rings. The second-order valence-corrected chi connectivity index (χ2v) is 6.32. The molecule has 2 aliphatic rings. The zero-order valence-electron chi connectivity index (χ0n) is 12.5. The third-order valence-electron chi connectivity index (χ3n) is 4.89. The third-order valence-corrected chi connectivity index (χ3v) is 4.89. The van der Waals surface area contributed by atoms with Crippen LogP contribution in [0.1, 0.15) is 41.6 Å². The highest BCUT2D eigenvalue weighted by molar-refractivity contribution is 5.95. The number of nitro groups is 1. The van der Waals surface area contributed by atoms with E-state index >= 15 is 0 Å². The Kier molecular flexibility index (Phi) is 3.92. The average Bonchev–Trinajstić information content (AvgIpc) is 3.10. The number of hydrazone groups is 1. The maximum atomic E-state index is 12.0. The molecular formula is C16H19N3O3. The molecule has 2 bridgehead atoms. The molecule has 2 saturated carbocycles. The first-order valence-electron chi connectivity index (χ1n) is 7.63. The van der Waals surface area contributed by atoms with E-state index in [1.54, 1.807) is 19.1 Å². The van der Waals surface area contributed by atoms with Crippen molar-refractivity contribution in [1.82, 2.24) is 5.43 Å². The molecule has 3 atom stereocenters. The summed E-state index contributed by atoms with van der Waals surface area (Å²) in [6.45, 7) is 1.65. The molecule has 116 valence electrons. The fraction of sp³-hybridized carbons (Fsp3) is 0.500. The predicted octanol–water partition coefficient (Wildman–Crippen LogP) is 3.06. The van der Waals surface area contributed by atoms with Crippen molar-refractivity contribution in [1.29, 1.82) is 0 Å². The first-order valence-corrected chi connectivity index (χ1v) is 7.63. The highest BCUT2D eigenvalue weighted by atomic mass is 16.6. The lowest BCUT2D eigenvalue weighted by Crippen LogP contribution is -2.20. The van der Waals surface area contributed by atoms with E-state index in [1.165, 1.54) is 31.7 Å². The van der Waals surface area contributed by atoms with E-state index in [4.69, 9.17) is 0 Å². The minimum atomic E-state index is -0.482. The Morgan fingerprint density at radius 3 is 2.86 bits per heavy atom. The van der Waals surface area contributed by atoms with E-state index in [2.05, 4.69) is 10.5 Å². The fourth-order valence-electron chi connectivity index (χ4n) is 3.68. The lowest BCUT2D eigenvalue weighted by atomic mass is 9.90. The first-order chi connectivity index (χ1) is 10.5. The molecule has 22 heavy (non-hydrogen) atoms. The molecule has 6 heteroatoms. The second-order valence-electron chi connectivity index (χ2n) is 6.32. The number of nitrogens with one attached hydrogen (secondary N) is 1. The summed E-state index contributed by atoms with van der Waals surface area (Å²) < 4.78 is 0. The van der Waals surface area contributed by atoms with Crippen LogP contribution in [0.2, 0.25) is 0 Å². The summed E-state index contributed by atoms with van der Waals surface area (Å²) in [5.41, 5.74) is 3.21. The van der Waals surface area contributed by atoms with Crippen LogP contribution in [0.5, 0.6) is 0 Å². The van der Waals surface area contributed by atoms with Gasteiger partial charge in [-0.3, -0.25) is 14.9 Å². The van der Waals surface area contributed by atoms with Gasteiger partial charge in [-0.15, -0.1) is 0 Å². The van der Waals surface area contributed by atoms with Crippen LogP contribution in [-0.4, -0.2) is 17.0 Å². The zero-order chi connectivity index (χ0) is 15.7. The molecule has 3 rings (SSSR count). The largest absolute Gasteiger partial charge is 0.273 e. The number of hydrogen-bond acceptors (Lipinski definition) is 4. The minimum Gasteiger partial charge on any atom is -0.267 e. The molecule has 2 aliphatic carbocycles. The fourth-order valence-corrected chi connectivity index (χ4v) is 3.68. The lowest BCUT2D eigenvalue weighted by molar-refractivity contribution is -0.385. The molecule has 3 unspecified atom stereocenters. The summed E-state index contributed by atoms with van der Waals surface area (Å²) >= 11 is 0. The minimum absolute atomic E-state index is 0.0512. The third kappa shape index (κ3) is 2.86. The Bertz CT molecular complexity index is 642. The molecule has 1 N–H and O–H groups in total. The van der Waals surface area contributed by atoms with Crippen molar-refractivity contribution in [2.75, 3.05) is 0 Å². The molecular weight excluding hydrogens is 282 g/mol. The summed E-state index contributed by atoms with van der Waals surface area (Å²) in [7, 11) is 0. The van der Waals surface area contributed by atoms with Gasteiger partial charge in [-0.25, -0.2) is 5.43 Å². The number of rotatable bonds is 4. The highest BCUT2D eigenvalue weighted by Crippen LogP contribution is 2.47. The van der Waals surface area contributed by atoms with E-state index in [1.807, 2.05) is 6.21 Å². The van der Waals surface area contributed by atoms with Crippen molar-refractivity contribution >= 4 is 17.8 Å². The van der Waals surface area contributed by atoms with E-state index < -0.39 is 10.8 Å². The van der Waals surface area contributed by atoms with Crippen molar-refractivity contribution in [3.63, 3.8) is 0 Å². The Morgan fingerprint density at radius 1 is 1.41 bits per heavy atom. The molecule has 0 spiro atoms. The van der Waals surface area contributed by atoms with Crippen LogP contribution in [0.25, 0.3) is 0 Å². The summed E-state index contributed by atoms with van der Waals surface area (Å²) in [5, 5.41) is 15.0. The number of nitrogens with zero attached hydrogens (tertiary/aromatic N) is 2. The molecule has 0 aromatic heterocycles. The summed E-state index contributed by atoms with van der Waals surface area (Å²) in [6, 6.07) is 4.44. The van der Waals surface area contributed by atoms with E-state index in [0.717, 1.165) is 5.92 Å². The number of carbonyl (C=O) groups excluding carboxylic acids is 1. The Labute approximate surface area is 128 Å². The summed E-state index contributed by atoms with van der Waals surface area (Å²) in [5.74, 6) is 1.59. The van der Waals surface area contributed by atoms with Crippen molar-refractivity contribution < 1.29 is 9.72 Å². The zero-order valence-corrected chi connectivity index (χ0v) is 12.5. The quantitative estimate of drug-likeness (QED) is 0.527. The number of aryl methyl sites for hydroxylation is 1. The second kappa shape index (κ2) is 5.87. The van der Waals surface area contributed by atoms with Crippen LogP contribution in [0.15, 0.2) is 23.3 Å². The van der Waals surface area contributed by atoms with Crippen molar-refractivity contribution in [3.8, 4) is 0 Å². The number of nitro benzene ring substituents is 1. The number of fused-ring (bicyclic) bond motifs is 2. The van der Waals surface area contributed by atoms with Gasteiger partial charge in [0.15, 0.2) is 0 Å². The smallest absolute Gasteiger partial charge is 0.267 e. The van der Waals surface area contributed by atoms with Gasteiger partial charge in [0.25, 0.3) is 11.6 Å². The molecule has 1 aromatic carbocycles. The van der Waals surface area contributed by atoms with Crippen molar-refractivity contribution in [2.24, 2.45) is 22.9 Å². The standard InChI is InChI=1S/C16H19N3O3/c1-10-2-4-13(8-15(10)19(21)22)16(20)18-17-9-14-7-11-3-5-12(14)6-11/h2,4,8-9,11-12,14H,3,5-7H2,1H3,(H,18,20)/b17-9+. The van der Waals surface area contributed by atoms with Gasteiger partial charge in [-0.05, 0) is 50.0 Å². The predicted molar refractivity (Wildman–Crippen MR) is 82.7 cm³/mol. The van der Waals surface area contributed by atoms with Gasteiger partial charge in [0.1, 0.15) is 0 Å². The van der Waals surface area contributed by atoms with E-state index in [0.29, 0.717) is 17.4 Å². The number of carbonyl (C=O) groups is 1. The van der Waals surface area contributed by atoms with Crippen LogP contribution in [0.4, 0.5) is 5.69 Å². The summed E-state index contributed by atoms with van der Waals surface area (Å²) in [6.07, 6.45) is 6.88. The van der Waals surface area contributed by atoms with Crippen LogP contribution in [-0.2, 0) is 0 Å². The normalized spacial score (nSPS) is 26.5. The molecule has 6 nitrogen and oxygen atoms in total. The van der Waals surface area contributed by atoms with E-state index in [-0.39, 0.29) is 11.3 Å². The van der Waals surface area contributed by atoms with E-state index in [9.17, 15) is 14.9 Å². The monoisotopic (exact) mass is 301 g/mol. The van der Waals surface area contributed by atoms with Crippen molar-refractivity contribution in [2.45, 2.75) is 32.6 Å². The maximum absolute atomic E-state index is 12.0. The van der Waals surface area contributed by atoms with Crippen LogP contribution in [0, 0.1) is 34.8 Å². The van der Waals surface area contributed by atoms with Gasteiger partial charge in [0.2, 0.25) is 0 Å². The topological polar surface area (TPSA) is 84.6 Å². The highest BCUT2D eigenvalue weighted by Gasteiger charge is 2.38. The Balaban J connectivity index is 1.62. The van der Waals surface area contributed by atoms with Gasteiger partial charge in [-0.1, -0.05) is 12.5 Å².